The highest BCUT2D eigenvalue weighted by Gasteiger charge is 2.34. The van der Waals surface area contributed by atoms with Crippen LogP contribution >= 0.6 is 0 Å². The molecule has 2 amide bonds. The van der Waals surface area contributed by atoms with Crippen molar-refractivity contribution < 1.29 is 18.0 Å². The van der Waals surface area contributed by atoms with Gasteiger partial charge in [0.05, 0.1) is 4.90 Å². The summed E-state index contributed by atoms with van der Waals surface area (Å²) in [6, 6.07) is 10.9. The van der Waals surface area contributed by atoms with Gasteiger partial charge in [-0.2, -0.15) is 0 Å². The Hall–Kier alpha value is -2.87. The molecule has 1 saturated heterocycles. The number of nitrogens with one attached hydrogen (secondary N) is 2. The van der Waals surface area contributed by atoms with Gasteiger partial charge in [-0.25, -0.2) is 8.42 Å². The second-order valence-electron chi connectivity index (χ2n) is 8.23. The molecule has 0 aliphatic carbocycles. The average molecular weight is 458 g/mol. The molecule has 7 nitrogen and oxygen atoms in total. The standard InChI is InChI=1S/C24H31N3O4S/c1-4-5-13-25-23(28)22-10-7-14-27(22)24(29)19-8-6-9-20(16-19)26-32(30,31)21-12-11-17(2)18(3)15-21/h6,8-9,11-12,15-16,22,26H,4-5,7,10,13-14H2,1-3H3,(H,25,28). The quantitative estimate of drug-likeness (QED) is 0.592. The maximum Gasteiger partial charge on any atom is 0.261 e. The molecule has 1 unspecified atom stereocenters. The molecule has 3 rings (SSSR count). The van der Waals surface area contributed by atoms with Crippen LogP contribution in [0.3, 0.4) is 0 Å². The summed E-state index contributed by atoms with van der Waals surface area (Å²) in [7, 11) is -3.79. The van der Waals surface area contributed by atoms with Crippen LogP contribution in [-0.2, 0) is 14.8 Å². The van der Waals surface area contributed by atoms with Gasteiger partial charge in [0.2, 0.25) is 5.91 Å². The minimum Gasteiger partial charge on any atom is -0.354 e. The van der Waals surface area contributed by atoms with Crippen LogP contribution in [0.1, 0.15) is 54.1 Å². The van der Waals surface area contributed by atoms with E-state index in [-0.39, 0.29) is 16.7 Å². The number of carbonyl (C=O) groups excluding carboxylic acids is 2. The Bertz CT molecular complexity index is 1100. The number of amides is 2. The van der Waals surface area contributed by atoms with Gasteiger partial charge in [-0.15, -0.1) is 0 Å². The van der Waals surface area contributed by atoms with Crippen LogP contribution in [0.2, 0.25) is 0 Å². The third kappa shape index (κ3) is 5.48. The van der Waals surface area contributed by atoms with Crippen LogP contribution < -0.4 is 10.0 Å². The largest absolute Gasteiger partial charge is 0.354 e. The van der Waals surface area contributed by atoms with Crippen LogP contribution in [-0.4, -0.2) is 44.3 Å². The van der Waals surface area contributed by atoms with E-state index in [1.807, 2.05) is 13.8 Å². The Balaban J connectivity index is 1.75. The highest BCUT2D eigenvalue weighted by molar-refractivity contribution is 7.92. The number of benzene rings is 2. The molecule has 1 fully saturated rings. The van der Waals surface area contributed by atoms with E-state index in [2.05, 4.69) is 17.0 Å². The molecule has 0 radical (unpaired) electrons. The van der Waals surface area contributed by atoms with E-state index in [0.29, 0.717) is 30.8 Å². The lowest BCUT2D eigenvalue weighted by atomic mass is 10.1. The van der Waals surface area contributed by atoms with Crippen molar-refractivity contribution in [2.45, 2.75) is 57.4 Å². The lowest BCUT2D eigenvalue weighted by molar-refractivity contribution is -0.124. The Morgan fingerprint density at radius 1 is 1.09 bits per heavy atom. The second-order valence-corrected chi connectivity index (χ2v) is 9.92. The minimum atomic E-state index is -3.79. The summed E-state index contributed by atoms with van der Waals surface area (Å²) in [5.41, 5.74) is 2.54. The van der Waals surface area contributed by atoms with Crippen LogP contribution in [0.4, 0.5) is 5.69 Å². The first-order chi connectivity index (χ1) is 15.2. The van der Waals surface area contributed by atoms with E-state index in [1.54, 1.807) is 41.3 Å². The summed E-state index contributed by atoms with van der Waals surface area (Å²) >= 11 is 0. The van der Waals surface area contributed by atoms with Crippen LogP contribution in [0.5, 0.6) is 0 Å². The van der Waals surface area contributed by atoms with Gasteiger partial charge in [-0.1, -0.05) is 25.5 Å². The molecule has 1 aliphatic heterocycles. The van der Waals surface area contributed by atoms with E-state index in [0.717, 1.165) is 30.4 Å². The first-order valence-corrected chi connectivity index (χ1v) is 12.5. The Morgan fingerprint density at radius 2 is 1.88 bits per heavy atom. The van der Waals surface area contributed by atoms with E-state index in [9.17, 15) is 18.0 Å². The molecule has 0 bridgehead atoms. The lowest BCUT2D eigenvalue weighted by Gasteiger charge is -2.24. The zero-order chi connectivity index (χ0) is 23.3. The summed E-state index contributed by atoms with van der Waals surface area (Å²) in [6.45, 7) is 6.94. The van der Waals surface area contributed by atoms with Gasteiger partial charge >= 0.3 is 0 Å². The summed E-state index contributed by atoms with van der Waals surface area (Å²) < 4.78 is 28.2. The van der Waals surface area contributed by atoms with Crippen molar-refractivity contribution in [2.24, 2.45) is 0 Å². The van der Waals surface area contributed by atoms with Crippen molar-refractivity contribution in [3.8, 4) is 0 Å². The molecule has 0 aromatic heterocycles. The van der Waals surface area contributed by atoms with Gasteiger partial charge in [0, 0.05) is 24.3 Å². The second kappa shape index (κ2) is 10.2. The molecule has 0 saturated carbocycles. The van der Waals surface area contributed by atoms with E-state index < -0.39 is 16.1 Å². The third-order valence-corrected chi connectivity index (χ3v) is 7.18. The fourth-order valence-corrected chi connectivity index (χ4v) is 4.90. The number of anilines is 1. The molecule has 8 heteroatoms. The molecular formula is C24H31N3O4S. The van der Waals surface area contributed by atoms with Gasteiger partial charge in [-0.3, -0.25) is 14.3 Å². The van der Waals surface area contributed by atoms with Gasteiger partial charge in [0.15, 0.2) is 0 Å². The monoisotopic (exact) mass is 457 g/mol. The van der Waals surface area contributed by atoms with Crippen molar-refractivity contribution in [3.63, 3.8) is 0 Å². The van der Waals surface area contributed by atoms with Crippen molar-refractivity contribution in [2.75, 3.05) is 17.8 Å². The lowest BCUT2D eigenvalue weighted by Crippen LogP contribution is -2.46. The highest BCUT2D eigenvalue weighted by atomic mass is 32.2. The van der Waals surface area contributed by atoms with Crippen LogP contribution in [0.15, 0.2) is 47.4 Å². The Morgan fingerprint density at radius 3 is 2.59 bits per heavy atom. The molecule has 1 atom stereocenters. The van der Waals surface area contributed by atoms with Crippen molar-refractivity contribution >= 4 is 27.5 Å². The van der Waals surface area contributed by atoms with Gasteiger partial charge < -0.3 is 10.2 Å². The average Bonchev–Trinajstić information content (AvgIpc) is 3.25. The van der Waals surface area contributed by atoms with Gasteiger partial charge in [-0.05, 0) is 74.6 Å². The number of nitrogens with zero attached hydrogens (tertiary/aromatic N) is 1. The fourth-order valence-electron chi connectivity index (χ4n) is 3.77. The SMILES string of the molecule is CCCCNC(=O)C1CCCN1C(=O)c1cccc(NS(=O)(=O)c2ccc(C)c(C)c2)c1. The Labute approximate surface area is 190 Å². The number of carbonyl (C=O) groups is 2. The number of likely N-dealkylation sites (tertiary alicyclic amines) is 1. The van der Waals surface area contributed by atoms with Gasteiger partial charge in [0.25, 0.3) is 15.9 Å². The first-order valence-electron chi connectivity index (χ1n) is 11.0. The van der Waals surface area contributed by atoms with Crippen LogP contribution in [0, 0.1) is 13.8 Å². The summed E-state index contributed by atoms with van der Waals surface area (Å²) in [6.07, 6.45) is 3.27. The summed E-state index contributed by atoms with van der Waals surface area (Å²) in [5, 5.41) is 2.91. The zero-order valence-electron chi connectivity index (χ0n) is 18.8. The number of sulfonamides is 1. The molecule has 172 valence electrons. The number of hydrogen-bond acceptors (Lipinski definition) is 4. The highest BCUT2D eigenvalue weighted by Crippen LogP contribution is 2.23. The molecule has 2 aromatic carbocycles. The van der Waals surface area contributed by atoms with E-state index >= 15 is 0 Å². The number of hydrogen-bond donors (Lipinski definition) is 2. The zero-order valence-corrected chi connectivity index (χ0v) is 19.7. The van der Waals surface area contributed by atoms with Crippen molar-refractivity contribution in [1.29, 1.82) is 0 Å². The first kappa shape index (κ1) is 23.8. The molecule has 1 aliphatic rings. The fraction of sp³-hybridized carbons (Fsp3) is 0.417. The number of aryl methyl sites for hydroxylation is 2. The number of unbranched alkanes of at least 4 members (excludes halogenated alkanes) is 1. The van der Waals surface area contributed by atoms with Crippen molar-refractivity contribution in [3.05, 3.63) is 59.2 Å². The van der Waals surface area contributed by atoms with E-state index in [1.165, 1.54) is 6.07 Å². The van der Waals surface area contributed by atoms with Gasteiger partial charge in [0.1, 0.15) is 6.04 Å². The molecular weight excluding hydrogens is 426 g/mol. The molecule has 0 spiro atoms. The molecule has 1 heterocycles. The summed E-state index contributed by atoms with van der Waals surface area (Å²) in [5.74, 6) is -0.402. The molecule has 2 aromatic rings. The smallest absolute Gasteiger partial charge is 0.261 e. The number of rotatable bonds is 8. The molecule has 32 heavy (non-hydrogen) atoms. The minimum absolute atomic E-state index is 0.129. The Kier molecular flexibility index (Phi) is 7.56. The van der Waals surface area contributed by atoms with Crippen molar-refractivity contribution in [1.82, 2.24) is 10.2 Å². The molecule has 2 N–H and O–H groups in total. The maximum atomic E-state index is 13.1. The normalized spacial score (nSPS) is 16.1. The van der Waals surface area contributed by atoms with E-state index in [4.69, 9.17) is 0 Å². The third-order valence-electron chi connectivity index (χ3n) is 5.80. The topological polar surface area (TPSA) is 95.6 Å². The van der Waals surface area contributed by atoms with Crippen LogP contribution in [0.25, 0.3) is 0 Å². The maximum absolute atomic E-state index is 13.1. The predicted octanol–water partition coefficient (Wildman–Crippen LogP) is 3.63. The summed E-state index contributed by atoms with van der Waals surface area (Å²) in [4.78, 5) is 27.4. The predicted molar refractivity (Wildman–Crippen MR) is 125 cm³/mol.